The Balaban J connectivity index is 2.49. The number of nitrogens with zero attached hydrogens (tertiary/aromatic N) is 1. The number of hydrogen-bond acceptors (Lipinski definition) is 5. The zero-order valence-corrected chi connectivity index (χ0v) is 15.2. The van der Waals surface area contributed by atoms with Crippen LogP contribution >= 0.6 is 0 Å². The summed E-state index contributed by atoms with van der Waals surface area (Å²) in [7, 11) is 6.86. The molecule has 0 bridgehead atoms. The molecule has 0 radical (unpaired) electrons. The maximum Gasteiger partial charge on any atom is 0.330 e. The summed E-state index contributed by atoms with van der Waals surface area (Å²) in [5.41, 5.74) is 3.25. The summed E-state index contributed by atoms with van der Waals surface area (Å²) < 4.78 is 16.0. The first-order valence-electron chi connectivity index (χ1n) is 8.25. The van der Waals surface area contributed by atoms with Gasteiger partial charge in [-0.2, -0.15) is 0 Å². The molecule has 1 atom stereocenters. The van der Waals surface area contributed by atoms with Crippen molar-refractivity contribution in [2.24, 2.45) is 0 Å². The number of carbonyl (C=O) groups excluding carboxylic acids is 1. The molecule has 24 heavy (non-hydrogen) atoms. The third-order valence-corrected chi connectivity index (χ3v) is 4.61. The van der Waals surface area contributed by atoms with Crippen molar-refractivity contribution in [2.45, 2.75) is 25.7 Å². The van der Waals surface area contributed by atoms with Gasteiger partial charge in [-0.15, -0.1) is 0 Å². The zero-order valence-electron chi connectivity index (χ0n) is 15.2. The lowest BCUT2D eigenvalue weighted by Gasteiger charge is -2.33. The number of benzene rings is 1. The summed E-state index contributed by atoms with van der Waals surface area (Å²) in [6.07, 6.45) is 3.31. The third kappa shape index (κ3) is 3.90. The Hall–Kier alpha value is -2.01. The molecule has 0 amide bonds. The number of likely N-dealkylation sites (N-methyl/N-ethyl adjacent to an activating group) is 1. The highest BCUT2D eigenvalue weighted by Crippen LogP contribution is 2.38. The Morgan fingerprint density at radius 1 is 1.25 bits per heavy atom. The van der Waals surface area contributed by atoms with E-state index in [2.05, 4.69) is 31.0 Å². The molecule has 2 rings (SSSR count). The van der Waals surface area contributed by atoms with Crippen LogP contribution < -0.4 is 9.47 Å². The number of carbonyl (C=O) groups is 1. The van der Waals surface area contributed by atoms with Crippen molar-refractivity contribution in [3.63, 3.8) is 0 Å². The van der Waals surface area contributed by atoms with E-state index in [1.54, 1.807) is 20.3 Å². The fraction of sp³-hybridized carbons (Fsp3) is 0.526. The highest BCUT2D eigenvalue weighted by atomic mass is 16.5. The molecule has 1 saturated heterocycles. The van der Waals surface area contributed by atoms with Crippen LogP contribution in [0.15, 0.2) is 23.8 Å². The lowest BCUT2D eigenvalue weighted by molar-refractivity contribution is -0.134. The van der Waals surface area contributed by atoms with Crippen LogP contribution in [0.5, 0.6) is 11.5 Å². The molecule has 0 spiro atoms. The van der Waals surface area contributed by atoms with Gasteiger partial charge in [-0.05, 0) is 37.6 Å². The highest BCUT2D eigenvalue weighted by molar-refractivity contribution is 5.83. The third-order valence-electron chi connectivity index (χ3n) is 4.61. The van der Waals surface area contributed by atoms with Gasteiger partial charge < -0.3 is 19.1 Å². The molecule has 0 aliphatic carbocycles. The van der Waals surface area contributed by atoms with Crippen molar-refractivity contribution in [3.05, 3.63) is 34.9 Å². The summed E-state index contributed by atoms with van der Waals surface area (Å²) in [5.74, 6) is 1.48. The average molecular weight is 333 g/mol. The monoisotopic (exact) mass is 333 g/mol. The van der Waals surface area contributed by atoms with Crippen LogP contribution in [0.4, 0.5) is 0 Å². The van der Waals surface area contributed by atoms with E-state index in [9.17, 15) is 4.79 Å². The molecule has 0 N–H and O–H groups in total. The van der Waals surface area contributed by atoms with Gasteiger partial charge in [0.1, 0.15) is 11.5 Å². The van der Waals surface area contributed by atoms with Crippen LogP contribution in [-0.2, 0) is 16.0 Å². The average Bonchev–Trinajstić information content (AvgIpc) is 2.61. The molecule has 1 heterocycles. The van der Waals surface area contributed by atoms with Crippen molar-refractivity contribution >= 4 is 5.97 Å². The van der Waals surface area contributed by atoms with Gasteiger partial charge in [0.25, 0.3) is 0 Å². The molecule has 0 aromatic heterocycles. The number of likely N-dealkylation sites (tertiary alicyclic amines) is 1. The lowest BCUT2D eigenvalue weighted by atomic mass is 9.84. The molecule has 1 aromatic carbocycles. The molecule has 5 heteroatoms. The SMILES string of the molecule is CCc1c(OC)cc(C2CN(C)CC/C2=C\C(=O)OC)cc1OC. The Kier molecular flexibility index (Phi) is 6.26. The van der Waals surface area contributed by atoms with Gasteiger partial charge in [0.15, 0.2) is 0 Å². The molecule has 1 fully saturated rings. The highest BCUT2D eigenvalue weighted by Gasteiger charge is 2.26. The molecule has 1 aliphatic heterocycles. The second kappa shape index (κ2) is 8.20. The van der Waals surface area contributed by atoms with E-state index in [4.69, 9.17) is 14.2 Å². The van der Waals surface area contributed by atoms with Gasteiger partial charge in [-0.25, -0.2) is 4.79 Å². The van der Waals surface area contributed by atoms with E-state index in [1.807, 2.05) is 0 Å². The normalized spacial score (nSPS) is 20.0. The molecule has 1 aromatic rings. The van der Waals surface area contributed by atoms with Crippen LogP contribution in [0.25, 0.3) is 0 Å². The quantitative estimate of drug-likeness (QED) is 0.612. The fourth-order valence-corrected chi connectivity index (χ4v) is 3.27. The van der Waals surface area contributed by atoms with Gasteiger partial charge in [0, 0.05) is 30.6 Å². The van der Waals surface area contributed by atoms with E-state index < -0.39 is 0 Å². The van der Waals surface area contributed by atoms with Crippen LogP contribution in [0.2, 0.25) is 0 Å². The molecule has 0 saturated carbocycles. The van der Waals surface area contributed by atoms with Crippen molar-refractivity contribution in [1.29, 1.82) is 0 Å². The summed E-state index contributed by atoms with van der Waals surface area (Å²) in [5, 5.41) is 0. The minimum absolute atomic E-state index is 0.122. The Labute approximate surface area is 144 Å². The van der Waals surface area contributed by atoms with Gasteiger partial charge in [-0.1, -0.05) is 12.5 Å². The van der Waals surface area contributed by atoms with E-state index in [0.29, 0.717) is 0 Å². The second-order valence-electron chi connectivity index (χ2n) is 6.06. The predicted molar refractivity (Wildman–Crippen MR) is 93.9 cm³/mol. The topological polar surface area (TPSA) is 48.0 Å². The number of piperidine rings is 1. The number of methoxy groups -OCH3 is 3. The maximum atomic E-state index is 11.7. The summed E-state index contributed by atoms with van der Waals surface area (Å²) in [6, 6.07) is 4.13. The Morgan fingerprint density at radius 3 is 2.38 bits per heavy atom. The van der Waals surface area contributed by atoms with Gasteiger partial charge in [0.2, 0.25) is 0 Å². The largest absolute Gasteiger partial charge is 0.496 e. The number of rotatable bonds is 5. The first-order chi connectivity index (χ1) is 11.5. The Bertz CT molecular complexity index is 599. The standard InChI is InChI=1S/C19H27NO4/c1-6-15-17(22-3)9-14(10-18(15)23-4)16-12-20(2)8-7-13(16)11-19(21)24-5/h9-11,16H,6-8,12H2,1-5H3/b13-11+. The first-order valence-corrected chi connectivity index (χ1v) is 8.25. The van der Waals surface area contributed by atoms with Crippen LogP contribution in [0.1, 0.15) is 30.4 Å². The van der Waals surface area contributed by atoms with Gasteiger partial charge in [0.05, 0.1) is 21.3 Å². The number of hydrogen-bond donors (Lipinski definition) is 0. The van der Waals surface area contributed by atoms with Crippen LogP contribution in [-0.4, -0.2) is 52.3 Å². The number of esters is 1. The summed E-state index contributed by atoms with van der Waals surface area (Å²) >= 11 is 0. The minimum atomic E-state index is -0.302. The van der Waals surface area contributed by atoms with Gasteiger partial charge in [-0.3, -0.25) is 0 Å². The van der Waals surface area contributed by atoms with Crippen LogP contribution in [0.3, 0.4) is 0 Å². The summed E-state index contributed by atoms with van der Waals surface area (Å²) in [6.45, 7) is 3.86. The van der Waals surface area contributed by atoms with Crippen LogP contribution in [0, 0.1) is 0 Å². The van der Waals surface area contributed by atoms with Crippen molar-refractivity contribution in [1.82, 2.24) is 4.90 Å². The van der Waals surface area contributed by atoms with Crippen molar-refractivity contribution in [3.8, 4) is 11.5 Å². The zero-order chi connectivity index (χ0) is 17.7. The molecule has 5 nitrogen and oxygen atoms in total. The second-order valence-corrected chi connectivity index (χ2v) is 6.06. The molecular weight excluding hydrogens is 306 g/mol. The molecule has 132 valence electrons. The maximum absolute atomic E-state index is 11.7. The molecular formula is C19H27NO4. The predicted octanol–water partition coefficient (Wildman–Crippen LogP) is 2.78. The minimum Gasteiger partial charge on any atom is -0.496 e. The smallest absolute Gasteiger partial charge is 0.330 e. The Morgan fingerprint density at radius 2 is 1.88 bits per heavy atom. The van der Waals surface area contributed by atoms with E-state index >= 15 is 0 Å². The van der Waals surface area contributed by atoms with E-state index in [-0.39, 0.29) is 11.9 Å². The molecule has 1 unspecified atom stereocenters. The van der Waals surface area contributed by atoms with Crippen molar-refractivity contribution < 1.29 is 19.0 Å². The number of ether oxygens (including phenoxy) is 3. The summed E-state index contributed by atoms with van der Waals surface area (Å²) in [4.78, 5) is 14.0. The van der Waals surface area contributed by atoms with Gasteiger partial charge >= 0.3 is 5.97 Å². The van der Waals surface area contributed by atoms with Crippen molar-refractivity contribution in [2.75, 3.05) is 41.5 Å². The van der Waals surface area contributed by atoms with E-state index in [0.717, 1.165) is 54.1 Å². The molecule has 1 aliphatic rings. The first kappa shape index (κ1) is 18.3. The lowest BCUT2D eigenvalue weighted by Crippen LogP contribution is -2.33. The fourth-order valence-electron chi connectivity index (χ4n) is 3.27. The van der Waals surface area contributed by atoms with E-state index in [1.165, 1.54) is 7.11 Å².